The Kier molecular flexibility index (Phi) is 5.93. The molecule has 1 aliphatic rings. The standard InChI is InChI=1S/C25H27N5O3/c26-24-28-22-21(23(31)29-24)27-17-30(22)20-11-25(12-20,15-32-13-18-7-3-1-4-8-18)16-33-14-19-9-5-2-6-10-19/h1-10,17,20H,11-16H2,(H3,26,28,29,31). The van der Waals surface area contributed by atoms with Crippen LogP contribution in [-0.4, -0.2) is 32.7 Å². The minimum absolute atomic E-state index is 0.0947. The van der Waals surface area contributed by atoms with Crippen LogP contribution in [-0.2, 0) is 22.7 Å². The van der Waals surface area contributed by atoms with Crippen molar-refractivity contribution in [1.29, 1.82) is 0 Å². The Morgan fingerprint density at radius 2 is 1.55 bits per heavy atom. The van der Waals surface area contributed by atoms with Crippen LogP contribution in [0.4, 0.5) is 5.95 Å². The number of aromatic amines is 1. The second-order valence-corrected chi connectivity index (χ2v) is 8.79. The number of hydrogen-bond acceptors (Lipinski definition) is 6. The third-order valence-electron chi connectivity index (χ3n) is 6.22. The number of ether oxygens (including phenoxy) is 2. The summed E-state index contributed by atoms with van der Waals surface area (Å²) in [7, 11) is 0. The van der Waals surface area contributed by atoms with Gasteiger partial charge in [0.1, 0.15) is 0 Å². The van der Waals surface area contributed by atoms with Crippen molar-refractivity contribution in [3.8, 4) is 0 Å². The number of fused-ring (bicyclic) bond motifs is 1. The van der Waals surface area contributed by atoms with E-state index in [1.807, 2.05) is 41.0 Å². The van der Waals surface area contributed by atoms with E-state index in [0.29, 0.717) is 37.6 Å². The minimum atomic E-state index is -0.320. The van der Waals surface area contributed by atoms with Crippen LogP contribution in [0.1, 0.15) is 30.0 Å². The van der Waals surface area contributed by atoms with Crippen molar-refractivity contribution >= 4 is 17.1 Å². The van der Waals surface area contributed by atoms with E-state index in [4.69, 9.17) is 15.2 Å². The van der Waals surface area contributed by atoms with Gasteiger partial charge < -0.3 is 19.8 Å². The molecule has 4 aromatic rings. The normalized spacial score (nSPS) is 15.5. The summed E-state index contributed by atoms with van der Waals surface area (Å²) in [5.41, 5.74) is 8.45. The molecule has 33 heavy (non-hydrogen) atoms. The lowest BCUT2D eigenvalue weighted by atomic mass is 9.66. The van der Waals surface area contributed by atoms with E-state index >= 15 is 0 Å². The van der Waals surface area contributed by atoms with Crippen LogP contribution in [0, 0.1) is 5.41 Å². The van der Waals surface area contributed by atoms with Gasteiger partial charge in [0.15, 0.2) is 11.2 Å². The molecule has 0 atom stereocenters. The van der Waals surface area contributed by atoms with E-state index in [1.54, 1.807) is 6.33 Å². The molecular weight excluding hydrogens is 418 g/mol. The van der Waals surface area contributed by atoms with E-state index in [0.717, 1.165) is 24.0 Å². The zero-order valence-electron chi connectivity index (χ0n) is 18.3. The monoisotopic (exact) mass is 445 g/mol. The number of aromatic nitrogens is 4. The van der Waals surface area contributed by atoms with Crippen molar-refractivity contribution in [2.24, 2.45) is 5.41 Å². The summed E-state index contributed by atoms with van der Waals surface area (Å²) in [6.07, 6.45) is 3.36. The summed E-state index contributed by atoms with van der Waals surface area (Å²) < 4.78 is 14.2. The molecule has 1 aliphatic carbocycles. The number of rotatable bonds is 9. The summed E-state index contributed by atoms with van der Waals surface area (Å²) in [6, 6.07) is 20.5. The molecule has 170 valence electrons. The summed E-state index contributed by atoms with van der Waals surface area (Å²) in [5, 5.41) is 0. The van der Waals surface area contributed by atoms with Gasteiger partial charge in [-0.1, -0.05) is 60.7 Å². The van der Waals surface area contributed by atoms with Gasteiger partial charge in [0.2, 0.25) is 5.95 Å². The molecule has 0 spiro atoms. The van der Waals surface area contributed by atoms with Crippen LogP contribution in [0.15, 0.2) is 71.8 Å². The number of H-pyrrole nitrogens is 1. The predicted octanol–water partition coefficient (Wildman–Crippen LogP) is 3.46. The Morgan fingerprint density at radius 1 is 0.970 bits per heavy atom. The van der Waals surface area contributed by atoms with Crippen LogP contribution < -0.4 is 11.3 Å². The fraction of sp³-hybridized carbons (Fsp3) is 0.320. The summed E-state index contributed by atoms with van der Waals surface area (Å²) in [4.78, 5) is 23.2. The number of hydrogen-bond donors (Lipinski definition) is 2. The highest BCUT2D eigenvalue weighted by molar-refractivity contribution is 5.70. The molecule has 2 heterocycles. The van der Waals surface area contributed by atoms with Crippen LogP contribution >= 0.6 is 0 Å². The third kappa shape index (κ3) is 4.67. The first kappa shape index (κ1) is 21.4. The van der Waals surface area contributed by atoms with E-state index < -0.39 is 0 Å². The molecule has 1 saturated carbocycles. The molecule has 0 unspecified atom stereocenters. The van der Waals surface area contributed by atoms with E-state index in [9.17, 15) is 4.79 Å². The van der Waals surface area contributed by atoms with E-state index in [2.05, 4.69) is 39.2 Å². The van der Waals surface area contributed by atoms with Gasteiger partial charge in [-0.05, 0) is 24.0 Å². The van der Waals surface area contributed by atoms with Crippen LogP contribution in [0.3, 0.4) is 0 Å². The number of nitrogens with one attached hydrogen (secondary N) is 1. The molecular formula is C25H27N5O3. The second kappa shape index (κ2) is 9.17. The topological polar surface area (TPSA) is 108 Å². The molecule has 8 nitrogen and oxygen atoms in total. The molecule has 3 N–H and O–H groups in total. The average Bonchev–Trinajstić information content (AvgIpc) is 3.22. The van der Waals surface area contributed by atoms with Gasteiger partial charge in [0.25, 0.3) is 5.56 Å². The van der Waals surface area contributed by atoms with Gasteiger partial charge in [-0.25, -0.2) is 4.98 Å². The van der Waals surface area contributed by atoms with Crippen LogP contribution in [0.5, 0.6) is 0 Å². The van der Waals surface area contributed by atoms with Crippen molar-refractivity contribution < 1.29 is 9.47 Å². The molecule has 0 amide bonds. The first-order chi connectivity index (χ1) is 16.1. The van der Waals surface area contributed by atoms with Gasteiger partial charge in [0, 0.05) is 11.5 Å². The van der Waals surface area contributed by atoms with Crippen molar-refractivity contribution in [2.75, 3.05) is 18.9 Å². The fourth-order valence-electron chi connectivity index (χ4n) is 4.54. The van der Waals surface area contributed by atoms with Gasteiger partial charge in [-0.3, -0.25) is 9.78 Å². The van der Waals surface area contributed by atoms with Crippen LogP contribution in [0.25, 0.3) is 11.2 Å². The molecule has 2 aromatic heterocycles. The Bertz CT molecular complexity index is 1220. The van der Waals surface area contributed by atoms with Crippen molar-refractivity contribution in [2.45, 2.75) is 32.1 Å². The maximum atomic E-state index is 12.1. The number of benzene rings is 2. The molecule has 5 rings (SSSR count). The first-order valence-electron chi connectivity index (χ1n) is 11.1. The lowest BCUT2D eigenvalue weighted by Gasteiger charge is -2.47. The third-order valence-corrected chi connectivity index (χ3v) is 6.22. The summed E-state index contributed by atoms with van der Waals surface area (Å²) in [6.45, 7) is 2.31. The van der Waals surface area contributed by atoms with E-state index in [-0.39, 0.29) is 23.0 Å². The van der Waals surface area contributed by atoms with Gasteiger partial charge in [0.05, 0.1) is 32.8 Å². The Balaban J connectivity index is 1.28. The Hall–Kier alpha value is -3.49. The van der Waals surface area contributed by atoms with Gasteiger partial charge >= 0.3 is 0 Å². The molecule has 1 fully saturated rings. The van der Waals surface area contributed by atoms with Gasteiger partial charge in [-0.15, -0.1) is 0 Å². The number of imidazole rings is 1. The predicted molar refractivity (Wildman–Crippen MR) is 125 cm³/mol. The molecule has 0 bridgehead atoms. The minimum Gasteiger partial charge on any atom is -0.376 e. The smallest absolute Gasteiger partial charge is 0.280 e. The highest BCUT2D eigenvalue weighted by Crippen LogP contribution is 2.49. The Morgan fingerprint density at radius 3 is 2.12 bits per heavy atom. The molecule has 8 heteroatoms. The highest BCUT2D eigenvalue weighted by atomic mass is 16.5. The summed E-state index contributed by atoms with van der Waals surface area (Å²) >= 11 is 0. The number of nitrogens with two attached hydrogens (primary N) is 1. The zero-order valence-corrected chi connectivity index (χ0v) is 18.3. The molecule has 0 saturated heterocycles. The van der Waals surface area contributed by atoms with E-state index in [1.165, 1.54) is 0 Å². The van der Waals surface area contributed by atoms with Crippen molar-refractivity contribution in [1.82, 2.24) is 19.5 Å². The highest BCUT2D eigenvalue weighted by Gasteiger charge is 2.46. The fourth-order valence-corrected chi connectivity index (χ4v) is 4.54. The lowest BCUT2D eigenvalue weighted by molar-refractivity contribution is -0.0951. The largest absolute Gasteiger partial charge is 0.376 e. The number of anilines is 1. The maximum Gasteiger partial charge on any atom is 0.280 e. The number of nitrogen functional groups attached to an aromatic ring is 1. The zero-order chi connectivity index (χ0) is 22.7. The van der Waals surface area contributed by atoms with Crippen molar-refractivity contribution in [3.63, 3.8) is 0 Å². The summed E-state index contributed by atoms with van der Waals surface area (Å²) in [5.74, 6) is 0.0947. The average molecular weight is 446 g/mol. The Labute approximate surface area is 191 Å². The first-order valence-corrected chi connectivity index (χ1v) is 11.1. The lowest BCUT2D eigenvalue weighted by Crippen LogP contribution is -2.45. The molecule has 0 radical (unpaired) electrons. The molecule has 2 aromatic carbocycles. The van der Waals surface area contributed by atoms with Crippen molar-refractivity contribution in [3.05, 3.63) is 88.5 Å². The van der Waals surface area contributed by atoms with Crippen LogP contribution in [0.2, 0.25) is 0 Å². The van der Waals surface area contributed by atoms with Gasteiger partial charge in [-0.2, -0.15) is 4.98 Å². The second-order valence-electron chi connectivity index (χ2n) is 8.79. The quantitative estimate of drug-likeness (QED) is 0.409. The SMILES string of the molecule is Nc1nc2c(ncn2C2CC(COCc3ccccc3)(COCc3ccccc3)C2)c(=O)[nH]1. The molecule has 0 aliphatic heterocycles. The number of nitrogens with zero attached hydrogens (tertiary/aromatic N) is 3. The maximum absolute atomic E-state index is 12.1.